The predicted molar refractivity (Wildman–Crippen MR) is 34.4 cm³/mol. The Labute approximate surface area is 80.8 Å². The zero-order valence-corrected chi connectivity index (χ0v) is 7.54. The normalized spacial score (nSPS) is 7.60. The van der Waals surface area contributed by atoms with Crippen LogP contribution in [0.5, 0.6) is 0 Å². The SMILES string of the molecule is O=C(O)/C=C\C(=O)O.[AlH3].[Zn]. The minimum absolute atomic E-state index is 0. The first-order chi connectivity index (χ1) is 3.63. The molecule has 0 atom stereocenters. The second-order valence-corrected chi connectivity index (χ2v) is 1.01. The van der Waals surface area contributed by atoms with Crippen LogP contribution < -0.4 is 0 Å². The van der Waals surface area contributed by atoms with E-state index in [1.165, 1.54) is 0 Å². The third-order valence-corrected chi connectivity index (χ3v) is 0.368. The molecule has 0 aromatic heterocycles. The van der Waals surface area contributed by atoms with Crippen LogP contribution in [0, 0.1) is 0 Å². The van der Waals surface area contributed by atoms with E-state index in [1.807, 2.05) is 0 Å². The van der Waals surface area contributed by atoms with Gasteiger partial charge in [0.1, 0.15) is 0 Å². The molecule has 0 amide bonds. The van der Waals surface area contributed by atoms with Crippen molar-refractivity contribution in [1.82, 2.24) is 0 Å². The van der Waals surface area contributed by atoms with Gasteiger partial charge in [0.2, 0.25) is 0 Å². The van der Waals surface area contributed by atoms with Gasteiger partial charge in [-0.2, -0.15) is 0 Å². The molecule has 6 heteroatoms. The van der Waals surface area contributed by atoms with Gasteiger partial charge >= 0.3 is 11.9 Å². The van der Waals surface area contributed by atoms with Crippen LogP contribution >= 0.6 is 0 Å². The molecular formula is C4H7AlO4Zn. The van der Waals surface area contributed by atoms with Crippen LogP contribution in [0.4, 0.5) is 0 Å². The summed E-state index contributed by atoms with van der Waals surface area (Å²) >= 11 is 0. The topological polar surface area (TPSA) is 74.6 Å². The van der Waals surface area contributed by atoms with Crippen molar-refractivity contribution in [2.24, 2.45) is 0 Å². The molecule has 0 saturated heterocycles. The van der Waals surface area contributed by atoms with Crippen LogP contribution in [0.1, 0.15) is 0 Å². The number of carbonyl (C=O) groups is 2. The molecule has 0 fully saturated rings. The fourth-order valence-corrected chi connectivity index (χ4v) is 0.143. The van der Waals surface area contributed by atoms with Crippen molar-refractivity contribution < 1.29 is 39.3 Å². The van der Waals surface area contributed by atoms with E-state index < -0.39 is 11.9 Å². The number of rotatable bonds is 2. The number of carboxylic acid groups (broad SMARTS) is 2. The molecule has 0 unspecified atom stereocenters. The van der Waals surface area contributed by atoms with Gasteiger partial charge in [0.05, 0.1) is 0 Å². The molecule has 0 radical (unpaired) electrons. The van der Waals surface area contributed by atoms with Gasteiger partial charge in [0.15, 0.2) is 17.4 Å². The van der Waals surface area contributed by atoms with Crippen molar-refractivity contribution in [3.8, 4) is 0 Å². The third-order valence-electron chi connectivity index (χ3n) is 0.368. The van der Waals surface area contributed by atoms with Crippen LogP contribution in [-0.2, 0) is 29.1 Å². The number of aliphatic carboxylic acids is 2. The molecule has 0 aliphatic heterocycles. The van der Waals surface area contributed by atoms with Crippen molar-refractivity contribution in [3.63, 3.8) is 0 Å². The van der Waals surface area contributed by atoms with Gasteiger partial charge in [-0.05, 0) is 0 Å². The minimum atomic E-state index is -1.26. The van der Waals surface area contributed by atoms with Crippen molar-refractivity contribution in [3.05, 3.63) is 12.2 Å². The van der Waals surface area contributed by atoms with Crippen LogP contribution in [0.25, 0.3) is 0 Å². The summed E-state index contributed by atoms with van der Waals surface area (Å²) in [5.41, 5.74) is 0. The average Bonchev–Trinajstić information content (AvgIpc) is 1.61. The maximum absolute atomic E-state index is 9.55. The number of hydrogen-bond acceptors (Lipinski definition) is 2. The molecule has 0 saturated carbocycles. The van der Waals surface area contributed by atoms with Crippen LogP contribution in [0.15, 0.2) is 12.2 Å². The fourth-order valence-electron chi connectivity index (χ4n) is 0.143. The number of carboxylic acids is 2. The molecule has 0 aliphatic rings. The molecule has 0 rings (SSSR count). The summed E-state index contributed by atoms with van der Waals surface area (Å²) in [7, 11) is 0. The Balaban J connectivity index is -0.000000245. The van der Waals surface area contributed by atoms with Gasteiger partial charge in [-0.15, -0.1) is 0 Å². The Bertz CT molecular complexity index is 128. The maximum Gasteiger partial charge on any atom is 0.328 e. The zero-order chi connectivity index (χ0) is 6.57. The van der Waals surface area contributed by atoms with Crippen molar-refractivity contribution in [2.45, 2.75) is 0 Å². The van der Waals surface area contributed by atoms with Gasteiger partial charge in [-0.1, -0.05) is 0 Å². The van der Waals surface area contributed by atoms with Crippen LogP contribution in [0.3, 0.4) is 0 Å². The molecule has 0 aliphatic carbocycles. The van der Waals surface area contributed by atoms with E-state index in [2.05, 4.69) is 0 Å². The molecule has 0 aromatic rings. The Morgan fingerprint density at radius 2 is 1.20 bits per heavy atom. The minimum Gasteiger partial charge on any atom is -0.478 e. The van der Waals surface area contributed by atoms with E-state index in [4.69, 9.17) is 10.2 Å². The van der Waals surface area contributed by atoms with E-state index in [-0.39, 0.29) is 36.8 Å². The Hall–Kier alpha value is -0.164. The quantitative estimate of drug-likeness (QED) is 0.432. The summed E-state index contributed by atoms with van der Waals surface area (Å²) in [6, 6.07) is 0. The molecule has 10 heavy (non-hydrogen) atoms. The van der Waals surface area contributed by atoms with Crippen molar-refractivity contribution >= 4 is 29.3 Å². The van der Waals surface area contributed by atoms with Gasteiger partial charge < -0.3 is 10.2 Å². The van der Waals surface area contributed by atoms with Crippen molar-refractivity contribution in [2.75, 3.05) is 0 Å². The van der Waals surface area contributed by atoms with Crippen LogP contribution in [0.2, 0.25) is 0 Å². The first kappa shape index (κ1) is 16.4. The van der Waals surface area contributed by atoms with E-state index in [0.717, 1.165) is 0 Å². The Morgan fingerprint density at radius 3 is 1.30 bits per heavy atom. The first-order valence-corrected chi connectivity index (χ1v) is 1.77. The number of hydrogen-bond donors (Lipinski definition) is 2. The van der Waals surface area contributed by atoms with Crippen LogP contribution in [-0.4, -0.2) is 39.5 Å². The third kappa shape index (κ3) is 15.7. The summed E-state index contributed by atoms with van der Waals surface area (Å²) in [6.07, 6.45) is 1.12. The van der Waals surface area contributed by atoms with E-state index in [9.17, 15) is 9.59 Å². The fraction of sp³-hybridized carbons (Fsp3) is 0. The molecule has 2 N–H and O–H groups in total. The first-order valence-electron chi connectivity index (χ1n) is 1.77. The molecule has 52 valence electrons. The summed E-state index contributed by atoms with van der Waals surface area (Å²) in [4.78, 5) is 19.1. The summed E-state index contributed by atoms with van der Waals surface area (Å²) < 4.78 is 0. The molecule has 0 aromatic carbocycles. The second-order valence-electron chi connectivity index (χ2n) is 1.01. The van der Waals surface area contributed by atoms with Gasteiger partial charge in [0, 0.05) is 31.6 Å². The molecule has 4 nitrogen and oxygen atoms in total. The van der Waals surface area contributed by atoms with E-state index >= 15 is 0 Å². The van der Waals surface area contributed by atoms with Crippen molar-refractivity contribution in [1.29, 1.82) is 0 Å². The summed E-state index contributed by atoms with van der Waals surface area (Å²) in [5, 5.41) is 15.6. The van der Waals surface area contributed by atoms with E-state index in [0.29, 0.717) is 12.2 Å². The maximum atomic E-state index is 9.55. The smallest absolute Gasteiger partial charge is 0.328 e. The second kappa shape index (κ2) is 8.84. The molecule has 0 spiro atoms. The summed E-state index contributed by atoms with van der Waals surface area (Å²) in [5.74, 6) is -2.51. The largest absolute Gasteiger partial charge is 0.478 e. The van der Waals surface area contributed by atoms with E-state index in [1.54, 1.807) is 0 Å². The average molecular weight is 211 g/mol. The molecule has 0 bridgehead atoms. The van der Waals surface area contributed by atoms with Gasteiger partial charge in [-0.3, -0.25) is 0 Å². The summed E-state index contributed by atoms with van der Waals surface area (Å²) in [6.45, 7) is 0. The zero-order valence-electron chi connectivity index (χ0n) is 4.57. The van der Waals surface area contributed by atoms with Gasteiger partial charge in [-0.25, -0.2) is 9.59 Å². The Morgan fingerprint density at radius 1 is 1.00 bits per heavy atom. The predicted octanol–water partition coefficient (Wildman–Crippen LogP) is -1.47. The standard InChI is InChI=1S/C4H4O4.Al.Zn.3H/c5-3(6)1-2-4(7)8;;;;;/h1-2H,(H,5,6)(H,7,8);;;;;/b2-1-;;;;;. The Kier molecular flexibility index (Phi) is 14.5. The molecule has 0 heterocycles. The molecular weight excluding hydrogens is 204 g/mol. The monoisotopic (exact) mass is 210 g/mol. The van der Waals surface area contributed by atoms with Gasteiger partial charge in [0.25, 0.3) is 0 Å².